The predicted octanol–water partition coefficient (Wildman–Crippen LogP) is 0.269. The van der Waals surface area contributed by atoms with Crippen molar-refractivity contribution < 1.29 is 18.9 Å². The Morgan fingerprint density at radius 3 is 2.57 bits per heavy atom. The molecule has 2 amide bonds. The molecule has 0 aromatic carbocycles. The summed E-state index contributed by atoms with van der Waals surface area (Å²) < 4.78 is 4.98. The van der Waals surface area contributed by atoms with Gasteiger partial charge in [-0.25, -0.2) is 0 Å². The summed E-state index contributed by atoms with van der Waals surface area (Å²) in [6.07, 6.45) is 4.22. The molecule has 23 heavy (non-hydrogen) atoms. The summed E-state index contributed by atoms with van der Waals surface area (Å²) in [6.45, 7) is 10.1. The minimum atomic E-state index is -0.0614. The molecule has 0 atom stereocenters. The normalized spacial score (nSPS) is 15.7. The molecule has 0 bridgehead atoms. The zero-order chi connectivity index (χ0) is 16.7. The lowest BCUT2D eigenvalue weighted by atomic mass is 10.2. The molecule has 1 aliphatic rings. The first-order valence-corrected chi connectivity index (χ1v) is 8.58. The van der Waals surface area contributed by atoms with Crippen molar-refractivity contribution >= 4 is 11.8 Å². The first-order valence-electron chi connectivity index (χ1n) is 8.58. The van der Waals surface area contributed by atoms with Gasteiger partial charge in [0.15, 0.2) is 0 Å². The Bertz CT molecular complexity index is 493. The van der Waals surface area contributed by atoms with Gasteiger partial charge in [0, 0.05) is 19.5 Å². The van der Waals surface area contributed by atoms with Crippen LogP contribution in [0.4, 0.5) is 0 Å². The van der Waals surface area contributed by atoms with Crippen LogP contribution in [0.5, 0.6) is 0 Å². The van der Waals surface area contributed by atoms with Gasteiger partial charge in [-0.15, -0.1) is 0 Å². The summed E-state index contributed by atoms with van der Waals surface area (Å²) in [5.74, 6) is 0.0925. The van der Waals surface area contributed by atoms with E-state index in [0.717, 1.165) is 39.1 Å². The molecule has 1 aliphatic heterocycles. The number of carbonyl (C=O) groups excluding carboxylic acids is 2. The molecule has 2 rings (SSSR count). The molecule has 0 saturated carbocycles. The number of piperazine rings is 1. The van der Waals surface area contributed by atoms with Gasteiger partial charge in [0.1, 0.15) is 6.26 Å². The topological polar surface area (TPSA) is 58.2 Å². The van der Waals surface area contributed by atoms with Crippen LogP contribution >= 0.6 is 0 Å². The highest BCUT2D eigenvalue weighted by Crippen LogP contribution is 2.08. The number of amides is 2. The quantitative estimate of drug-likeness (QED) is 0.784. The van der Waals surface area contributed by atoms with Crippen LogP contribution in [0.3, 0.4) is 0 Å². The maximum atomic E-state index is 12.4. The minimum Gasteiger partial charge on any atom is -0.472 e. The van der Waals surface area contributed by atoms with E-state index in [1.807, 2.05) is 11.8 Å². The highest BCUT2D eigenvalue weighted by molar-refractivity contribution is 5.94. The van der Waals surface area contributed by atoms with Gasteiger partial charge in [-0.1, -0.05) is 6.92 Å². The minimum absolute atomic E-state index is 0.0614. The van der Waals surface area contributed by atoms with E-state index in [0.29, 0.717) is 25.1 Å². The number of hydrogen-bond acceptors (Lipinski definition) is 3. The molecular formula is C17H28N3O3+. The fourth-order valence-electron chi connectivity index (χ4n) is 2.97. The Hall–Kier alpha value is -1.82. The molecular weight excluding hydrogens is 294 g/mol. The number of nitrogens with zero attached hydrogens (tertiary/aromatic N) is 2. The lowest BCUT2D eigenvalue weighted by Crippen LogP contribution is -3.14. The molecule has 128 valence electrons. The van der Waals surface area contributed by atoms with Gasteiger partial charge in [-0.3, -0.25) is 9.59 Å². The van der Waals surface area contributed by atoms with Crippen molar-refractivity contribution in [2.24, 2.45) is 0 Å². The predicted molar refractivity (Wildman–Crippen MR) is 87.3 cm³/mol. The van der Waals surface area contributed by atoms with Crippen LogP contribution in [0.1, 0.15) is 37.0 Å². The summed E-state index contributed by atoms with van der Waals surface area (Å²) in [4.78, 5) is 30.0. The first-order chi connectivity index (χ1) is 11.2. The van der Waals surface area contributed by atoms with Gasteiger partial charge in [-0.2, -0.15) is 0 Å². The fraction of sp³-hybridized carbons (Fsp3) is 0.647. The van der Waals surface area contributed by atoms with Crippen LogP contribution in [0.2, 0.25) is 0 Å². The number of hydrogen-bond donors (Lipinski definition) is 1. The number of likely N-dealkylation sites (N-methyl/N-ethyl adjacent to an activating group) is 1. The highest BCUT2D eigenvalue weighted by atomic mass is 16.3. The van der Waals surface area contributed by atoms with Crippen LogP contribution in [0, 0.1) is 0 Å². The second kappa shape index (κ2) is 8.72. The zero-order valence-electron chi connectivity index (χ0n) is 14.2. The second-order valence-electron chi connectivity index (χ2n) is 6.04. The van der Waals surface area contributed by atoms with Crippen LogP contribution < -0.4 is 4.90 Å². The lowest BCUT2D eigenvalue weighted by molar-refractivity contribution is -0.902. The van der Waals surface area contributed by atoms with Crippen molar-refractivity contribution in [3.8, 4) is 0 Å². The number of carbonyl (C=O) groups is 2. The van der Waals surface area contributed by atoms with Crippen molar-refractivity contribution in [3.05, 3.63) is 24.2 Å². The molecule has 1 N–H and O–H groups in total. The van der Waals surface area contributed by atoms with Crippen LogP contribution in [-0.4, -0.2) is 67.4 Å². The number of rotatable bonds is 7. The molecule has 6 nitrogen and oxygen atoms in total. The molecule has 1 aromatic rings. The van der Waals surface area contributed by atoms with Gasteiger partial charge >= 0.3 is 0 Å². The van der Waals surface area contributed by atoms with E-state index in [-0.39, 0.29) is 11.8 Å². The Labute approximate surface area is 138 Å². The largest absolute Gasteiger partial charge is 0.472 e. The smallest absolute Gasteiger partial charge is 0.257 e. The van der Waals surface area contributed by atoms with Crippen LogP contribution in [0.25, 0.3) is 0 Å². The number of quaternary nitrogens is 1. The molecule has 0 spiro atoms. The molecule has 0 radical (unpaired) electrons. The van der Waals surface area contributed by atoms with Gasteiger partial charge in [0.05, 0.1) is 44.6 Å². The van der Waals surface area contributed by atoms with Gasteiger partial charge in [0.25, 0.3) is 5.91 Å². The highest BCUT2D eigenvalue weighted by Gasteiger charge is 2.24. The lowest BCUT2D eigenvalue weighted by Gasteiger charge is -2.32. The third kappa shape index (κ3) is 4.82. The summed E-state index contributed by atoms with van der Waals surface area (Å²) in [5.41, 5.74) is 0.547. The van der Waals surface area contributed by atoms with E-state index in [1.165, 1.54) is 12.5 Å². The maximum Gasteiger partial charge on any atom is 0.257 e. The summed E-state index contributed by atoms with van der Waals surface area (Å²) in [5, 5.41) is 0. The van der Waals surface area contributed by atoms with Crippen molar-refractivity contribution in [2.45, 2.75) is 26.7 Å². The van der Waals surface area contributed by atoms with Crippen molar-refractivity contribution in [3.63, 3.8) is 0 Å². The molecule has 0 unspecified atom stereocenters. The van der Waals surface area contributed by atoms with E-state index < -0.39 is 0 Å². The summed E-state index contributed by atoms with van der Waals surface area (Å²) >= 11 is 0. The third-order valence-corrected chi connectivity index (χ3v) is 4.47. The Morgan fingerprint density at radius 1 is 1.26 bits per heavy atom. The molecule has 1 fully saturated rings. The average Bonchev–Trinajstić information content (AvgIpc) is 3.12. The summed E-state index contributed by atoms with van der Waals surface area (Å²) in [6, 6.07) is 1.67. The van der Waals surface area contributed by atoms with Crippen molar-refractivity contribution in [2.75, 3.05) is 45.8 Å². The van der Waals surface area contributed by atoms with E-state index in [2.05, 4.69) is 6.92 Å². The van der Waals surface area contributed by atoms with Gasteiger partial charge < -0.3 is 19.1 Å². The third-order valence-electron chi connectivity index (χ3n) is 4.47. The Balaban J connectivity index is 1.84. The molecule has 2 heterocycles. The van der Waals surface area contributed by atoms with Crippen LogP contribution in [-0.2, 0) is 4.79 Å². The van der Waals surface area contributed by atoms with E-state index in [4.69, 9.17) is 4.42 Å². The average molecular weight is 322 g/mol. The van der Waals surface area contributed by atoms with E-state index in [1.54, 1.807) is 15.9 Å². The van der Waals surface area contributed by atoms with Crippen molar-refractivity contribution in [1.29, 1.82) is 0 Å². The second-order valence-corrected chi connectivity index (χ2v) is 6.04. The number of furan rings is 1. The number of nitrogens with one attached hydrogen (secondary N) is 1. The summed E-state index contributed by atoms with van der Waals surface area (Å²) in [7, 11) is 0. The standard InChI is InChI=1S/C17H27N3O3/c1-3-7-20(17(22)15-6-13-23-14-15)8-5-16(21)19-11-9-18(4-2)10-12-19/h6,13-14H,3-5,7-12H2,1-2H3/p+1. The molecule has 6 heteroatoms. The van der Waals surface area contributed by atoms with Gasteiger partial charge in [-0.05, 0) is 19.4 Å². The van der Waals surface area contributed by atoms with Crippen molar-refractivity contribution in [1.82, 2.24) is 9.80 Å². The fourth-order valence-corrected chi connectivity index (χ4v) is 2.97. The molecule has 1 aromatic heterocycles. The Morgan fingerprint density at radius 2 is 2.00 bits per heavy atom. The van der Waals surface area contributed by atoms with E-state index in [9.17, 15) is 9.59 Å². The maximum absolute atomic E-state index is 12.4. The molecule has 0 aliphatic carbocycles. The first kappa shape index (κ1) is 17.5. The SMILES string of the molecule is CCCN(CCC(=O)N1CC[NH+](CC)CC1)C(=O)c1ccoc1. The zero-order valence-corrected chi connectivity index (χ0v) is 14.2. The monoisotopic (exact) mass is 322 g/mol. The van der Waals surface area contributed by atoms with Gasteiger partial charge in [0.2, 0.25) is 5.91 Å². The molecule has 1 saturated heterocycles. The van der Waals surface area contributed by atoms with E-state index >= 15 is 0 Å². The Kier molecular flexibility index (Phi) is 6.65. The van der Waals surface area contributed by atoms with Crippen LogP contribution in [0.15, 0.2) is 23.0 Å².